The van der Waals surface area contributed by atoms with Crippen LogP contribution in [0.1, 0.15) is 28.8 Å². The molecule has 0 aliphatic heterocycles. The first-order chi connectivity index (χ1) is 20.5. The second kappa shape index (κ2) is 13.9. The van der Waals surface area contributed by atoms with Crippen molar-refractivity contribution in [1.29, 1.82) is 0 Å². The Balaban J connectivity index is 1.57. The number of alkyl halides is 3. The highest BCUT2D eigenvalue weighted by molar-refractivity contribution is 6.08. The number of benzene rings is 2. The van der Waals surface area contributed by atoms with Gasteiger partial charge in [0.15, 0.2) is 17.4 Å². The van der Waals surface area contributed by atoms with Crippen molar-refractivity contribution in [1.82, 2.24) is 24.8 Å². The summed E-state index contributed by atoms with van der Waals surface area (Å²) in [4.78, 5) is 31.8. The molecule has 3 N–H and O–H groups in total. The number of carbonyl (C=O) groups excluding carboxylic acids is 1. The standard InChI is InChI=1S/C29H30F4N8O2/c1-34-28-38-17-37-25(40-28)20-7-6-13-36-27(20)43-24-16-19(9-10-22(24)30)39-26(42)21-15-18(29(31,32)33)8-11-23(21)35-12-4-5-14-41(2)3/h6-11,13,15-17,35H,4-5,12,14H2,1-3H3,(H,39,42)(H,34,37,38,40). The van der Waals surface area contributed by atoms with Crippen molar-refractivity contribution in [3.05, 3.63) is 78.0 Å². The summed E-state index contributed by atoms with van der Waals surface area (Å²) < 4.78 is 61.0. The third-order valence-corrected chi connectivity index (χ3v) is 6.14. The quantitative estimate of drug-likeness (QED) is 0.135. The maximum atomic E-state index is 14.8. The Hall–Kier alpha value is -4.85. The van der Waals surface area contributed by atoms with Crippen LogP contribution in [0.2, 0.25) is 0 Å². The van der Waals surface area contributed by atoms with Crippen LogP contribution in [0.5, 0.6) is 11.6 Å². The van der Waals surface area contributed by atoms with Crippen molar-refractivity contribution in [3.8, 4) is 23.0 Å². The molecule has 0 aliphatic rings. The van der Waals surface area contributed by atoms with Gasteiger partial charge in [-0.25, -0.2) is 19.3 Å². The van der Waals surface area contributed by atoms with Gasteiger partial charge in [0, 0.05) is 37.2 Å². The Morgan fingerprint density at radius 2 is 1.84 bits per heavy atom. The minimum absolute atomic E-state index is 0.0169. The van der Waals surface area contributed by atoms with Gasteiger partial charge < -0.3 is 25.6 Å². The lowest BCUT2D eigenvalue weighted by molar-refractivity contribution is -0.137. The van der Waals surface area contributed by atoms with E-state index in [9.17, 15) is 22.4 Å². The van der Waals surface area contributed by atoms with Crippen LogP contribution in [0.15, 0.2) is 61.1 Å². The number of hydrogen-bond acceptors (Lipinski definition) is 9. The van der Waals surface area contributed by atoms with Gasteiger partial charge in [-0.05, 0) is 75.9 Å². The highest BCUT2D eigenvalue weighted by Crippen LogP contribution is 2.34. The van der Waals surface area contributed by atoms with Crippen molar-refractivity contribution >= 4 is 23.2 Å². The fourth-order valence-corrected chi connectivity index (χ4v) is 3.99. The summed E-state index contributed by atoms with van der Waals surface area (Å²) >= 11 is 0. The van der Waals surface area contributed by atoms with Gasteiger partial charge in [0.05, 0.1) is 16.7 Å². The monoisotopic (exact) mass is 598 g/mol. The first kappa shape index (κ1) is 31.1. The molecule has 43 heavy (non-hydrogen) atoms. The Labute approximate surface area is 245 Å². The van der Waals surface area contributed by atoms with E-state index >= 15 is 0 Å². The number of nitrogens with zero attached hydrogens (tertiary/aromatic N) is 5. The molecule has 0 unspecified atom stereocenters. The van der Waals surface area contributed by atoms with E-state index in [2.05, 4.69) is 35.9 Å². The molecule has 226 valence electrons. The van der Waals surface area contributed by atoms with Crippen LogP contribution < -0.4 is 20.7 Å². The number of carbonyl (C=O) groups is 1. The second-order valence-electron chi connectivity index (χ2n) is 9.64. The number of pyridine rings is 1. The Morgan fingerprint density at radius 3 is 2.58 bits per heavy atom. The van der Waals surface area contributed by atoms with Crippen LogP contribution in [0.3, 0.4) is 0 Å². The fraction of sp³-hybridized carbons (Fsp3) is 0.276. The van der Waals surface area contributed by atoms with Gasteiger partial charge in [-0.1, -0.05) is 0 Å². The molecular weight excluding hydrogens is 568 g/mol. The van der Waals surface area contributed by atoms with E-state index in [1.807, 2.05) is 19.0 Å². The van der Waals surface area contributed by atoms with E-state index in [0.29, 0.717) is 18.1 Å². The summed E-state index contributed by atoms with van der Waals surface area (Å²) in [6.45, 7) is 1.31. The summed E-state index contributed by atoms with van der Waals surface area (Å²) in [5.41, 5.74) is -0.505. The minimum atomic E-state index is -4.65. The maximum Gasteiger partial charge on any atom is 0.416 e. The molecule has 2 aromatic carbocycles. The largest absolute Gasteiger partial charge is 0.435 e. The van der Waals surface area contributed by atoms with Crippen LogP contribution >= 0.6 is 0 Å². The summed E-state index contributed by atoms with van der Waals surface area (Å²) in [6, 6.07) is 9.72. The topological polar surface area (TPSA) is 117 Å². The van der Waals surface area contributed by atoms with E-state index in [4.69, 9.17) is 4.74 Å². The van der Waals surface area contributed by atoms with Gasteiger partial charge in [0.2, 0.25) is 11.8 Å². The average molecular weight is 599 g/mol. The van der Waals surface area contributed by atoms with E-state index in [1.165, 1.54) is 30.7 Å². The van der Waals surface area contributed by atoms with Gasteiger partial charge in [-0.2, -0.15) is 18.2 Å². The van der Waals surface area contributed by atoms with E-state index in [0.717, 1.165) is 37.6 Å². The zero-order chi connectivity index (χ0) is 31.0. The predicted octanol–water partition coefficient (Wildman–Crippen LogP) is 5.93. The first-order valence-corrected chi connectivity index (χ1v) is 13.3. The molecule has 1 amide bonds. The lowest BCUT2D eigenvalue weighted by Gasteiger charge is -2.16. The minimum Gasteiger partial charge on any atom is -0.435 e. The molecule has 0 spiro atoms. The number of amides is 1. The first-order valence-electron chi connectivity index (χ1n) is 13.3. The number of nitrogens with one attached hydrogen (secondary N) is 3. The molecule has 14 heteroatoms. The molecule has 0 fully saturated rings. The van der Waals surface area contributed by atoms with Crippen LogP contribution in [0.4, 0.5) is 34.9 Å². The number of hydrogen-bond donors (Lipinski definition) is 3. The number of halogens is 4. The third-order valence-electron chi connectivity index (χ3n) is 6.14. The molecular formula is C29H30F4N8O2. The van der Waals surface area contributed by atoms with Crippen molar-refractivity contribution in [3.63, 3.8) is 0 Å². The molecule has 4 rings (SSSR count). The highest BCUT2D eigenvalue weighted by Gasteiger charge is 2.32. The molecule has 0 radical (unpaired) electrons. The van der Waals surface area contributed by atoms with E-state index in [1.54, 1.807) is 19.2 Å². The molecule has 0 atom stereocenters. The summed E-state index contributed by atoms with van der Waals surface area (Å²) in [5.74, 6) is -1.37. The lowest BCUT2D eigenvalue weighted by Crippen LogP contribution is -2.18. The average Bonchev–Trinajstić information content (AvgIpc) is 2.98. The molecule has 2 heterocycles. The smallest absolute Gasteiger partial charge is 0.416 e. The van der Waals surface area contributed by atoms with Crippen LogP contribution in [0, 0.1) is 5.82 Å². The van der Waals surface area contributed by atoms with Gasteiger partial charge in [-0.3, -0.25) is 4.79 Å². The van der Waals surface area contributed by atoms with Crippen molar-refractivity contribution < 1.29 is 27.1 Å². The maximum absolute atomic E-state index is 14.8. The summed E-state index contributed by atoms with van der Waals surface area (Å²) in [7, 11) is 5.53. The van der Waals surface area contributed by atoms with Crippen LogP contribution in [-0.4, -0.2) is 65.0 Å². The number of ether oxygens (including phenoxy) is 1. The van der Waals surface area contributed by atoms with Crippen molar-refractivity contribution in [2.24, 2.45) is 0 Å². The molecule has 0 bridgehead atoms. The SMILES string of the molecule is CNc1ncnc(-c2cccnc2Oc2cc(NC(=O)c3cc(C(F)(F)F)ccc3NCCCCN(C)C)ccc2F)n1. The Kier molecular flexibility index (Phi) is 10.0. The molecule has 4 aromatic rings. The van der Waals surface area contributed by atoms with Gasteiger partial charge in [-0.15, -0.1) is 0 Å². The zero-order valence-electron chi connectivity index (χ0n) is 23.7. The number of anilines is 3. The lowest BCUT2D eigenvalue weighted by atomic mass is 10.1. The van der Waals surface area contributed by atoms with E-state index in [-0.39, 0.29) is 34.4 Å². The summed E-state index contributed by atoms with van der Waals surface area (Å²) in [6.07, 6.45) is -0.311. The van der Waals surface area contributed by atoms with Gasteiger partial charge in [0.1, 0.15) is 6.33 Å². The van der Waals surface area contributed by atoms with Crippen molar-refractivity contribution in [2.75, 3.05) is 50.2 Å². The Bertz CT molecular complexity index is 1570. The molecule has 0 saturated carbocycles. The van der Waals surface area contributed by atoms with Crippen molar-refractivity contribution in [2.45, 2.75) is 19.0 Å². The Morgan fingerprint density at radius 1 is 1.02 bits per heavy atom. The number of unbranched alkanes of at least 4 members (excludes halogenated alkanes) is 1. The molecule has 2 aromatic heterocycles. The highest BCUT2D eigenvalue weighted by atomic mass is 19.4. The zero-order valence-corrected chi connectivity index (χ0v) is 23.7. The number of aromatic nitrogens is 4. The van der Waals surface area contributed by atoms with Gasteiger partial charge >= 0.3 is 6.18 Å². The predicted molar refractivity (Wildman–Crippen MR) is 155 cm³/mol. The van der Waals surface area contributed by atoms with Crippen LogP contribution in [-0.2, 0) is 6.18 Å². The summed E-state index contributed by atoms with van der Waals surface area (Å²) in [5, 5.41) is 8.40. The second-order valence-corrected chi connectivity index (χ2v) is 9.64. The van der Waals surface area contributed by atoms with E-state index < -0.39 is 23.5 Å². The normalized spacial score (nSPS) is 11.3. The van der Waals surface area contributed by atoms with Crippen LogP contribution in [0.25, 0.3) is 11.4 Å². The number of rotatable bonds is 12. The van der Waals surface area contributed by atoms with Gasteiger partial charge in [0.25, 0.3) is 5.91 Å². The molecule has 0 saturated heterocycles. The molecule has 0 aliphatic carbocycles. The third kappa shape index (κ3) is 8.35. The molecule has 10 nitrogen and oxygen atoms in total. The fourth-order valence-electron chi connectivity index (χ4n) is 3.99.